The fourth-order valence-electron chi connectivity index (χ4n) is 2.06. The highest BCUT2D eigenvalue weighted by Gasteiger charge is 2.39. The molecule has 0 aromatic carbocycles. The normalized spacial score (nSPS) is 19.9. The number of nitrogens with one attached hydrogen (secondary N) is 1. The van der Waals surface area contributed by atoms with E-state index in [1.807, 2.05) is 0 Å². The van der Waals surface area contributed by atoms with Gasteiger partial charge in [-0.3, -0.25) is 4.79 Å². The minimum Gasteiger partial charge on any atom is -0.354 e. The second-order valence-electron chi connectivity index (χ2n) is 6.00. The second-order valence-corrected chi connectivity index (χ2v) is 6.00. The smallest absolute Gasteiger partial charge is 0.240 e. The van der Waals surface area contributed by atoms with Crippen molar-refractivity contribution in [3.8, 4) is 6.07 Å². The predicted octanol–water partition coefficient (Wildman–Crippen LogP) is 2.62. The largest absolute Gasteiger partial charge is 0.354 e. The Bertz CT molecular complexity index is 290. The highest BCUT2D eigenvalue weighted by atomic mass is 16.2. The van der Waals surface area contributed by atoms with Crippen molar-refractivity contribution in [2.45, 2.75) is 52.9 Å². The Morgan fingerprint density at radius 2 is 1.88 bits per heavy atom. The third kappa shape index (κ3) is 3.23. The van der Waals surface area contributed by atoms with Gasteiger partial charge in [0.25, 0.3) is 0 Å². The van der Waals surface area contributed by atoms with E-state index in [1.54, 1.807) is 0 Å². The van der Waals surface area contributed by atoms with Crippen molar-refractivity contribution >= 4 is 5.91 Å². The molecule has 0 aromatic heterocycles. The Labute approximate surface area is 98.2 Å². The molecule has 0 aromatic rings. The zero-order valence-electron chi connectivity index (χ0n) is 10.6. The molecule has 0 spiro atoms. The number of hydrogen-bond donors (Lipinski definition) is 1. The first-order chi connectivity index (χ1) is 7.40. The summed E-state index contributed by atoms with van der Waals surface area (Å²) in [5, 5.41) is 12.2. The number of rotatable bonds is 2. The number of amides is 1. The number of carbonyl (C=O) groups is 1. The Hall–Kier alpha value is -1.04. The van der Waals surface area contributed by atoms with Crippen molar-refractivity contribution in [3.05, 3.63) is 0 Å². The van der Waals surface area contributed by atoms with Crippen LogP contribution in [0.2, 0.25) is 0 Å². The summed E-state index contributed by atoms with van der Waals surface area (Å²) >= 11 is 0. The topological polar surface area (TPSA) is 52.9 Å². The minimum absolute atomic E-state index is 0.0652. The van der Waals surface area contributed by atoms with Crippen molar-refractivity contribution in [1.29, 1.82) is 5.26 Å². The summed E-state index contributed by atoms with van der Waals surface area (Å²) < 4.78 is 0. The highest BCUT2D eigenvalue weighted by Crippen LogP contribution is 2.35. The van der Waals surface area contributed by atoms with Gasteiger partial charge in [-0.1, -0.05) is 40.0 Å². The standard InChI is InChI=1S/C13H22N2O/c1-12(2,3)10-15-11(16)13(9-14)7-5-4-6-8-13/h4-8,10H2,1-3H3,(H,15,16). The summed E-state index contributed by atoms with van der Waals surface area (Å²) in [4.78, 5) is 12.1. The Morgan fingerprint density at radius 1 is 1.31 bits per heavy atom. The second kappa shape index (κ2) is 4.86. The Morgan fingerprint density at radius 3 is 2.31 bits per heavy atom. The summed E-state index contributed by atoms with van der Waals surface area (Å²) in [5.74, 6) is -0.0652. The van der Waals surface area contributed by atoms with Crippen molar-refractivity contribution < 1.29 is 4.79 Å². The number of carbonyl (C=O) groups excluding carboxylic acids is 1. The summed E-state index contributed by atoms with van der Waals surface area (Å²) in [6.45, 7) is 6.86. The zero-order chi connectivity index (χ0) is 12.2. The van der Waals surface area contributed by atoms with Crippen LogP contribution in [0.1, 0.15) is 52.9 Å². The molecule has 3 heteroatoms. The quantitative estimate of drug-likeness (QED) is 0.780. The van der Waals surface area contributed by atoms with E-state index in [9.17, 15) is 10.1 Å². The van der Waals surface area contributed by atoms with Gasteiger partial charge >= 0.3 is 0 Å². The first kappa shape index (κ1) is 13.0. The van der Waals surface area contributed by atoms with Crippen LogP contribution in [0.15, 0.2) is 0 Å². The molecule has 1 fully saturated rings. The molecule has 3 nitrogen and oxygen atoms in total. The molecule has 90 valence electrons. The van der Waals surface area contributed by atoms with Gasteiger partial charge in [0, 0.05) is 6.54 Å². The van der Waals surface area contributed by atoms with Crippen LogP contribution >= 0.6 is 0 Å². The molecule has 0 atom stereocenters. The van der Waals surface area contributed by atoms with Crippen molar-refractivity contribution in [2.75, 3.05) is 6.54 Å². The lowest BCUT2D eigenvalue weighted by Crippen LogP contribution is -2.44. The fourth-order valence-corrected chi connectivity index (χ4v) is 2.06. The molecular weight excluding hydrogens is 200 g/mol. The average Bonchev–Trinajstić information content (AvgIpc) is 2.25. The molecule has 1 aliphatic rings. The van der Waals surface area contributed by atoms with Gasteiger partial charge in [0.1, 0.15) is 5.41 Å². The number of nitriles is 1. The summed E-state index contributed by atoms with van der Waals surface area (Å²) in [5.41, 5.74) is -0.676. The van der Waals surface area contributed by atoms with E-state index in [0.29, 0.717) is 6.54 Å². The molecule has 0 aliphatic heterocycles. The SMILES string of the molecule is CC(C)(C)CNC(=O)C1(C#N)CCCCC1. The van der Waals surface area contributed by atoms with E-state index in [4.69, 9.17) is 0 Å². The fraction of sp³-hybridized carbons (Fsp3) is 0.846. The van der Waals surface area contributed by atoms with Crippen LogP contribution in [-0.4, -0.2) is 12.5 Å². The van der Waals surface area contributed by atoms with E-state index >= 15 is 0 Å². The number of hydrogen-bond acceptors (Lipinski definition) is 2. The van der Waals surface area contributed by atoms with E-state index in [2.05, 4.69) is 32.2 Å². The van der Waals surface area contributed by atoms with E-state index in [0.717, 1.165) is 32.1 Å². The molecule has 0 radical (unpaired) electrons. The van der Waals surface area contributed by atoms with Crippen LogP contribution < -0.4 is 5.32 Å². The van der Waals surface area contributed by atoms with Gasteiger partial charge in [0.2, 0.25) is 5.91 Å². The molecule has 0 unspecified atom stereocenters. The monoisotopic (exact) mass is 222 g/mol. The lowest BCUT2D eigenvalue weighted by Gasteiger charge is -2.30. The number of nitrogens with zero attached hydrogens (tertiary/aromatic N) is 1. The first-order valence-electron chi connectivity index (χ1n) is 6.09. The molecule has 1 amide bonds. The van der Waals surface area contributed by atoms with Crippen LogP contribution in [-0.2, 0) is 4.79 Å². The van der Waals surface area contributed by atoms with Gasteiger partial charge in [-0.05, 0) is 18.3 Å². The molecule has 0 saturated heterocycles. The van der Waals surface area contributed by atoms with Gasteiger partial charge in [-0.2, -0.15) is 5.26 Å². The summed E-state index contributed by atoms with van der Waals surface area (Å²) in [7, 11) is 0. The predicted molar refractivity (Wildman–Crippen MR) is 63.6 cm³/mol. The van der Waals surface area contributed by atoms with Gasteiger partial charge in [-0.15, -0.1) is 0 Å². The Balaban J connectivity index is 2.60. The average molecular weight is 222 g/mol. The van der Waals surface area contributed by atoms with Gasteiger partial charge in [0.05, 0.1) is 6.07 Å². The van der Waals surface area contributed by atoms with E-state index in [1.165, 1.54) is 0 Å². The van der Waals surface area contributed by atoms with Crippen molar-refractivity contribution in [3.63, 3.8) is 0 Å². The van der Waals surface area contributed by atoms with Crippen LogP contribution in [0.4, 0.5) is 0 Å². The molecule has 1 aliphatic carbocycles. The Kier molecular flexibility index (Phi) is 3.96. The highest BCUT2D eigenvalue weighted by molar-refractivity contribution is 5.85. The molecule has 1 rings (SSSR count). The molecule has 1 N–H and O–H groups in total. The van der Waals surface area contributed by atoms with E-state index < -0.39 is 5.41 Å². The van der Waals surface area contributed by atoms with Crippen LogP contribution in [0.25, 0.3) is 0 Å². The van der Waals surface area contributed by atoms with E-state index in [-0.39, 0.29) is 11.3 Å². The maximum atomic E-state index is 12.1. The zero-order valence-corrected chi connectivity index (χ0v) is 10.6. The summed E-state index contributed by atoms with van der Waals surface area (Å²) in [6.07, 6.45) is 4.59. The third-order valence-electron chi connectivity index (χ3n) is 3.14. The van der Waals surface area contributed by atoms with Crippen molar-refractivity contribution in [1.82, 2.24) is 5.32 Å². The molecule has 0 bridgehead atoms. The van der Waals surface area contributed by atoms with Crippen molar-refractivity contribution in [2.24, 2.45) is 10.8 Å². The molecular formula is C13H22N2O. The summed E-state index contributed by atoms with van der Waals surface area (Å²) in [6, 6.07) is 2.24. The molecule has 16 heavy (non-hydrogen) atoms. The molecule has 1 saturated carbocycles. The van der Waals surface area contributed by atoms with Gasteiger partial charge < -0.3 is 5.32 Å². The van der Waals surface area contributed by atoms with Crippen LogP contribution in [0.5, 0.6) is 0 Å². The van der Waals surface area contributed by atoms with Gasteiger partial charge in [-0.25, -0.2) is 0 Å². The third-order valence-corrected chi connectivity index (χ3v) is 3.14. The van der Waals surface area contributed by atoms with Crippen LogP contribution in [0.3, 0.4) is 0 Å². The maximum absolute atomic E-state index is 12.1. The lowest BCUT2D eigenvalue weighted by molar-refractivity contribution is -0.130. The van der Waals surface area contributed by atoms with Crippen LogP contribution in [0, 0.1) is 22.2 Å². The lowest BCUT2D eigenvalue weighted by atomic mass is 9.74. The first-order valence-corrected chi connectivity index (χ1v) is 6.09. The molecule has 0 heterocycles. The minimum atomic E-state index is -0.747. The van der Waals surface area contributed by atoms with Gasteiger partial charge in [0.15, 0.2) is 0 Å². The maximum Gasteiger partial charge on any atom is 0.240 e.